The number of hydrogen-bond donors (Lipinski definition) is 1. The van der Waals surface area contributed by atoms with Crippen LogP contribution >= 0.6 is 22.6 Å². The third kappa shape index (κ3) is 6.15. The standard InChI is InChI=1S/C21H19IN2O3/c1-3-10-27-20-9-6-16(12-19(20)22)11-17(13-23)21(25)24-14-15-4-7-18(26-2)8-5-15/h3-9,11-12H,1,10,14H2,2H3,(H,24,25)/b17-11-. The molecule has 0 unspecified atom stereocenters. The van der Waals surface area contributed by atoms with Crippen molar-refractivity contribution in [1.29, 1.82) is 5.26 Å². The molecule has 27 heavy (non-hydrogen) atoms. The van der Waals surface area contributed by atoms with E-state index in [4.69, 9.17) is 9.47 Å². The van der Waals surface area contributed by atoms with Crippen LogP contribution in [0.3, 0.4) is 0 Å². The Hall–Kier alpha value is -2.79. The van der Waals surface area contributed by atoms with E-state index in [-0.39, 0.29) is 5.57 Å². The summed E-state index contributed by atoms with van der Waals surface area (Å²) >= 11 is 2.15. The smallest absolute Gasteiger partial charge is 0.262 e. The zero-order chi connectivity index (χ0) is 19.6. The van der Waals surface area contributed by atoms with Crippen LogP contribution in [0.4, 0.5) is 0 Å². The van der Waals surface area contributed by atoms with Gasteiger partial charge >= 0.3 is 0 Å². The lowest BCUT2D eigenvalue weighted by molar-refractivity contribution is -0.117. The van der Waals surface area contributed by atoms with Gasteiger partial charge in [-0.05, 0) is 64.1 Å². The third-order valence-electron chi connectivity index (χ3n) is 3.60. The van der Waals surface area contributed by atoms with Gasteiger partial charge in [-0.2, -0.15) is 5.26 Å². The summed E-state index contributed by atoms with van der Waals surface area (Å²) in [5, 5.41) is 12.1. The third-order valence-corrected chi connectivity index (χ3v) is 4.44. The normalized spacial score (nSPS) is 10.6. The van der Waals surface area contributed by atoms with Gasteiger partial charge in [-0.15, -0.1) is 0 Å². The van der Waals surface area contributed by atoms with E-state index in [2.05, 4.69) is 34.5 Å². The number of carbonyl (C=O) groups excluding carboxylic acids is 1. The predicted octanol–water partition coefficient (Wildman–Crippen LogP) is 4.09. The maximum absolute atomic E-state index is 12.3. The molecule has 0 saturated heterocycles. The van der Waals surface area contributed by atoms with E-state index in [1.807, 2.05) is 36.4 Å². The van der Waals surface area contributed by atoms with Gasteiger partial charge in [-0.25, -0.2) is 0 Å². The van der Waals surface area contributed by atoms with E-state index in [0.29, 0.717) is 13.2 Å². The largest absolute Gasteiger partial charge is 0.497 e. The van der Waals surface area contributed by atoms with E-state index in [1.165, 1.54) is 0 Å². The summed E-state index contributed by atoms with van der Waals surface area (Å²) in [6.45, 7) is 4.36. The van der Waals surface area contributed by atoms with Crippen LogP contribution in [0, 0.1) is 14.9 Å². The molecule has 2 aromatic rings. The van der Waals surface area contributed by atoms with Crippen molar-refractivity contribution in [1.82, 2.24) is 5.32 Å². The van der Waals surface area contributed by atoms with Gasteiger partial charge in [-0.1, -0.05) is 30.9 Å². The lowest BCUT2D eigenvalue weighted by Gasteiger charge is -2.08. The van der Waals surface area contributed by atoms with Gasteiger partial charge in [0.15, 0.2) is 0 Å². The van der Waals surface area contributed by atoms with Crippen LogP contribution in [0.1, 0.15) is 11.1 Å². The fourth-order valence-corrected chi connectivity index (χ4v) is 2.90. The molecule has 0 radical (unpaired) electrons. The van der Waals surface area contributed by atoms with Crippen molar-refractivity contribution in [3.63, 3.8) is 0 Å². The van der Waals surface area contributed by atoms with Gasteiger partial charge in [0, 0.05) is 6.54 Å². The molecule has 0 fully saturated rings. The van der Waals surface area contributed by atoms with Gasteiger partial charge in [0.1, 0.15) is 29.7 Å². The van der Waals surface area contributed by atoms with Crippen LogP contribution < -0.4 is 14.8 Å². The van der Waals surface area contributed by atoms with Crippen molar-refractivity contribution in [3.05, 3.63) is 75.4 Å². The molecule has 0 heterocycles. The van der Waals surface area contributed by atoms with Gasteiger partial charge in [-0.3, -0.25) is 4.79 Å². The molecule has 0 aliphatic carbocycles. The minimum Gasteiger partial charge on any atom is -0.497 e. The van der Waals surface area contributed by atoms with E-state index < -0.39 is 5.91 Å². The lowest BCUT2D eigenvalue weighted by Crippen LogP contribution is -2.23. The van der Waals surface area contributed by atoms with Gasteiger partial charge in [0.05, 0.1) is 10.7 Å². The fourth-order valence-electron chi connectivity index (χ4n) is 2.21. The minimum absolute atomic E-state index is 0.0408. The van der Waals surface area contributed by atoms with Gasteiger partial charge in [0.25, 0.3) is 5.91 Å². The molecular weight excluding hydrogens is 455 g/mol. The number of halogens is 1. The fraction of sp³-hybridized carbons (Fsp3) is 0.143. The van der Waals surface area contributed by atoms with Crippen molar-refractivity contribution in [2.24, 2.45) is 0 Å². The number of hydrogen-bond acceptors (Lipinski definition) is 4. The highest BCUT2D eigenvalue weighted by atomic mass is 127. The molecule has 0 bridgehead atoms. The molecule has 0 spiro atoms. The maximum Gasteiger partial charge on any atom is 0.262 e. The van der Waals surface area contributed by atoms with Crippen molar-refractivity contribution in [3.8, 4) is 17.6 Å². The summed E-state index contributed by atoms with van der Waals surface area (Å²) in [5.74, 6) is 1.06. The molecule has 0 aliphatic rings. The first-order valence-corrected chi connectivity index (χ1v) is 9.21. The number of amides is 1. The molecule has 0 saturated carbocycles. The van der Waals surface area contributed by atoms with Crippen molar-refractivity contribution in [2.45, 2.75) is 6.54 Å². The second kappa shape index (κ2) is 10.4. The topological polar surface area (TPSA) is 71.3 Å². The van der Waals surface area contributed by atoms with Crippen molar-refractivity contribution in [2.75, 3.05) is 13.7 Å². The van der Waals surface area contributed by atoms with E-state index in [0.717, 1.165) is 26.2 Å². The van der Waals surface area contributed by atoms with Gasteiger partial charge < -0.3 is 14.8 Å². The lowest BCUT2D eigenvalue weighted by atomic mass is 10.1. The average Bonchev–Trinajstić information content (AvgIpc) is 2.70. The second-order valence-corrected chi connectivity index (χ2v) is 6.65. The molecule has 2 aromatic carbocycles. The number of ether oxygens (including phenoxy) is 2. The van der Waals surface area contributed by atoms with Crippen molar-refractivity contribution >= 4 is 34.6 Å². The zero-order valence-corrected chi connectivity index (χ0v) is 17.0. The summed E-state index contributed by atoms with van der Waals surface area (Å²) in [7, 11) is 1.60. The molecule has 1 N–H and O–H groups in total. The Balaban J connectivity index is 2.05. The molecule has 2 rings (SSSR count). The first-order chi connectivity index (χ1) is 13.1. The number of nitrogens with one attached hydrogen (secondary N) is 1. The van der Waals surface area contributed by atoms with Crippen LogP contribution in [0.15, 0.2) is 60.7 Å². The van der Waals surface area contributed by atoms with Crippen LogP contribution in [-0.2, 0) is 11.3 Å². The molecule has 0 aliphatic heterocycles. The van der Waals surface area contributed by atoms with E-state index >= 15 is 0 Å². The number of carbonyl (C=O) groups is 1. The highest BCUT2D eigenvalue weighted by molar-refractivity contribution is 14.1. The monoisotopic (exact) mass is 474 g/mol. The molecule has 5 nitrogen and oxygen atoms in total. The maximum atomic E-state index is 12.3. The highest BCUT2D eigenvalue weighted by Crippen LogP contribution is 2.23. The molecule has 0 atom stereocenters. The Morgan fingerprint density at radius 2 is 2.04 bits per heavy atom. The quantitative estimate of drug-likeness (QED) is 0.271. The molecule has 138 valence electrons. The molecular formula is C21H19IN2O3. The van der Waals surface area contributed by atoms with Crippen LogP contribution in [0.25, 0.3) is 6.08 Å². The Morgan fingerprint density at radius 1 is 1.30 bits per heavy atom. The summed E-state index contributed by atoms with van der Waals surface area (Å²) in [6.07, 6.45) is 3.23. The highest BCUT2D eigenvalue weighted by Gasteiger charge is 2.10. The predicted molar refractivity (Wildman–Crippen MR) is 113 cm³/mol. The average molecular weight is 474 g/mol. The first-order valence-electron chi connectivity index (χ1n) is 8.13. The number of methoxy groups -OCH3 is 1. The molecule has 6 heteroatoms. The van der Waals surface area contributed by atoms with Gasteiger partial charge in [0.2, 0.25) is 0 Å². The van der Waals surface area contributed by atoms with Crippen molar-refractivity contribution < 1.29 is 14.3 Å². The second-order valence-electron chi connectivity index (χ2n) is 5.49. The summed E-state index contributed by atoms with van der Waals surface area (Å²) in [6, 6.07) is 14.8. The SMILES string of the molecule is C=CCOc1ccc(/C=C(/C#N)C(=O)NCc2ccc(OC)cc2)cc1I. The number of benzene rings is 2. The van der Waals surface area contributed by atoms with E-state index in [1.54, 1.807) is 31.4 Å². The van der Waals surface area contributed by atoms with Crippen LogP contribution in [-0.4, -0.2) is 19.6 Å². The zero-order valence-electron chi connectivity index (χ0n) is 14.9. The summed E-state index contributed by atoms with van der Waals surface area (Å²) in [5.41, 5.74) is 1.71. The minimum atomic E-state index is -0.421. The number of nitrogens with zero attached hydrogens (tertiary/aromatic N) is 1. The Labute approximate surface area is 172 Å². The summed E-state index contributed by atoms with van der Waals surface area (Å²) in [4.78, 5) is 12.3. The Morgan fingerprint density at radius 3 is 2.63 bits per heavy atom. The Bertz CT molecular complexity index is 883. The first kappa shape index (κ1) is 20.5. The van der Waals surface area contributed by atoms with Crippen LogP contribution in [0.2, 0.25) is 0 Å². The van der Waals surface area contributed by atoms with E-state index in [9.17, 15) is 10.1 Å². The molecule has 1 amide bonds. The summed E-state index contributed by atoms with van der Waals surface area (Å²) < 4.78 is 11.5. The Kier molecular flexibility index (Phi) is 7.89. The van der Waals surface area contributed by atoms with Crippen LogP contribution in [0.5, 0.6) is 11.5 Å². The molecule has 0 aromatic heterocycles. The number of rotatable bonds is 8. The number of nitriles is 1.